The van der Waals surface area contributed by atoms with Gasteiger partial charge in [-0.05, 0) is 44.2 Å². The van der Waals surface area contributed by atoms with Gasteiger partial charge in [-0.3, -0.25) is 9.59 Å². The topological polar surface area (TPSA) is 113 Å². The van der Waals surface area contributed by atoms with E-state index in [-0.39, 0.29) is 36.5 Å². The summed E-state index contributed by atoms with van der Waals surface area (Å²) in [6.07, 6.45) is 8.70. The van der Waals surface area contributed by atoms with Gasteiger partial charge in [-0.1, -0.05) is 19.3 Å². The zero-order valence-electron chi connectivity index (χ0n) is 20.0. The Labute approximate surface area is 200 Å². The summed E-state index contributed by atoms with van der Waals surface area (Å²) in [5, 5.41) is 6.02. The lowest BCUT2D eigenvalue weighted by Crippen LogP contribution is -2.51. The minimum absolute atomic E-state index is 0.166. The maximum atomic E-state index is 13.6. The number of aromatic nitrogens is 1. The maximum absolute atomic E-state index is 13.6. The average Bonchev–Trinajstić information content (AvgIpc) is 3.58. The van der Waals surface area contributed by atoms with Crippen molar-refractivity contribution in [3.05, 3.63) is 24.0 Å². The Balaban J connectivity index is 1.49. The molecule has 0 aromatic carbocycles. The number of rotatable bonds is 5. The van der Waals surface area contributed by atoms with Crippen LogP contribution in [-0.4, -0.2) is 82.5 Å². The number of amides is 4. The highest BCUT2D eigenvalue weighted by Gasteiger charge is 2.46. The van der Waals surface area contributed by atoms with Crippen molar-refractivity contribution in [1.82, 2.24) is 25.0 Å². The van der Waals surface area contributed by atoms with E-state index in [1.807, 2.05) is 0 Å². The number of esters is 1. The fourth-order valence-electron chi connectivity index (χ4n) is 5.49. The second-order valence-corrected chi connectivity index (χ2v) is 9.58. The molecule has 1 saturated carbocycles. The fraction of sp³-hybridized carbons (Fsp3) is 0.667. The monoisotopic (exact) mass is 473 g/mol. The molecule has 10 nitrogen and oxygen atoms in total. The van der Waals surface area contributed by atoms with Crippen LogP contribution in [0.4, 0.5) is 4.79 Å². The number of carbonyl (C=O) groups is 4. The lowest BCUT2D eigenvalue weighted by Gasteiger charge is -2.30. The van der Waals surface area contributed by atoms with Gasteiger partial charge in [0, 0.05) is 32.4 Å². The number of nitrogens with zero attached hydrogens (tertiary/aromatic N) is 3. The first-order chi connectivity index (χ1) is 16.4. The SMILES string of the molecule is COC(=O)C1CCCN1C(=O)C1CC(NC(=O)NC2CCCCC2)CN1C(=O)c1cccn1C. The molecule has 3 fully saturated rings. The summed E-state index contributed by atoms with van der Waals surface area (Å²) < 4.78 is 6.61. The van der Waals surface area contributed by atoms with Crippen molar-refractivity contribution in [1.29, 1.82) is 0 Å². The van der Waals surface area contributed by atoms with E-state index in [0.717, 1.165) is 25.7 Å². The molecule has 3 unspecified atom stereocenters. The molecule has 0 spiro atoms. The number of nitrogens with one attached hydrogen (secondary N) is 2. The van der Waals surface area contributed by atoms with Crippen LogP contribution >= 0.6 is 0 Å². The molecule has 34 heavy (non-hydrogen) atoms. The van der Waals surface area contributed by atoms with Gasteiger partial charge in [0.1, 0.15) is 17.8 Å². The van der Waals surface area contributed by atoms with E-state index in [0.29, 0.717) is 31.5 Å². The summed E-state index contributed by atoms with van der Waals surface area (Å²) in [5.74, 6) is -0.977. The number of hydrogen-bond donors (Lipinski definition) is 2. The van der Waals surface area contributed by atoms with Crippen molar-refractivity contribution >= 4 is 23.8 Å². The van der Waals surface area contributed by atoms with Gasteiger partial charge in [-0.15, -0.1) is 0 Å². The lowest BCUT2D eigenvalue weighted by molar-refractivity contribution is -0.152. The van der Waals surface area contributed by atoms with Gasteiger partial charge < -0.3 is 29.7 Å². The largest absolute Gasteiger partial charge is 0.467 e. The normalized spacial score (nSPS) is 25.3. The molecule has 1 aromatic heterocycles. The van der Waals surface area contributed by atoms with Crippen LogP contribution in [0.1, 0.15) is 61.9 Å². The molecule has 4 rings (SSSR count). The Morgan fingerprint density at radius 3 is 2.35 bits per heavy atom. The summed E-state index contributed by atoms with van der Waals surface area (Å²) in [6, 6.07) is 1.65. The molecule has 3 heterocycles. The van der Waals surface area contributed by atoms with Crippen molar-refractivity contribution in [2.75, 3.05) is 20.2 Å². The van der Waals surface area contributed by atoms with Gasteiger partial charge in [0.2, 0.25) is 5.91 Å². The fourth-order valence-corrected chi connectivity index (χ4v) is 5.49. The highest BCUT2D eigenvalue weighted by atomic mass is 16.5. The van der Waals surface area contributed by atoms with Crippen LogP contribution in [0.5, 0.6) is 0 Å². The lowest BCUT2D eigenvalue weighted by atomic mass is 9.96. The molecule has 3 atom stereocenters. The summed E-state index contributed by atoms with van der Waals surface area (Å²) in [6.45, 7) is 0.677. The quantitative estimate of drug-likeness (QED) is 0.628. The van der Waals surface area contributed by atoms with Crippen LogP contribution in [-0.2, 0) is 21.4 Å². The highest BCUT2D eigenvalue weighted by molar-refractivity contribution is 5.98. The smallest absolute Gasteiger partial charge is 0.328 e. The predicted octanol–water partition coefficient (Wildman–Crippen LogP) is 1.40. The zero-order chi connectivity index (χ0) is 24.2. The van der Waals surface area contributed by atoms with E-state index in [1.54, 1.807) is 29.9 Å². The highest BCUT2D eigenvalue weighted by Crippen LogP contribution is 2.27. The summed E-state index contributed by atoms with van der Waals surface area (Å²) in [7, 11) is 3.09. The molecule has 2 N–H and O–H groups in total. The molecule has 1 aromatic rings. The van der Waals surface area contributed by atoms with Gasteiger partial charge in [-0.25, -0.2) is 9.59 Å². The van der Waals surface area contributed by atoms with Crippen LogP contribution in [0.15, 0.2) is 18.3 Å². The Morgan fingerprint density at radius 1 is 0.941 bits per heavy atom. The van der Waals surface area contributed by atoms with Crippen molar-refractivity contribution in [2.24, 2.45) is 7.05 Å². The van der Waals surface area contributed by atoms with E-state index in [1.165, 1.54) is 23.3 Å². The number of aryl methyl sites for hydroxylation is 1. The number of carbonyl (C=O) groups excluding carboxylic acids is 4. The number of methoxy groups -OCH3 is 1. The summed E-state index contributed by atoms with van der Waals surface area (Å²) >= 11 is 0. The number of hydrogen-bond acceptors (Lipinski definition) is 5. The van der Waals surface area contributed by atoms with Crippen molar-refractivity contribution in [2.45, 2.75) is 75.5 Å². The number of likely N-dealkylation sites (tertiary alicyclic amines) is 2. The Hall–Kier alpha value is -3.04. The third-order valence-corrected chi connectivity index (χ3v) is 7.29. The van der Waals surface area contributed by atoms with Crippen LogP contribution in [0.2, 0.25) is 0 Å². The van der Waals surface area contributed by atoms with Gasteiger partial charge in [0.25, 0.3) is 5.91 Å². The molecule has 2 aliphatic heterocycles. The van der Waals surface area contributed by atoms with E-state index in [2.05, 4.69) is 10.6 Å². The second kappa shape index (κ2) is 10.5. The molecular formula is C24H35N5O5. The van der Waals surface area contributed by atoms with Gasteiger partial charge in [-0.2, -0.15) is 0 Å². The van der Waals surface area contributed by atoms with Crippen LogP contribution in [0.25, 0.3) is 0 Å². The van der Waals surface area contributed by atoms with E-state index in [9.17, 15) is 19.2 Å². The number of ether oxygens (including phenoxy) is 1. The third-order valence-electron chi connectivity index (χ3n) is 7.29. The molecule has 1 aliphatic carbocycles. The van der Waals surface area contributed by atoms with E-state index < -0.39 is 18.1 Å². The van der Waals surface area contributed by atoms with Crippen LogP contribution in [0, 0.1) is 0 Å². The first-order valence-electron chi connectivity index (χ1n) is 12.3. The molecule has 4 amide bonds. The molecule has 3 aliphatic rings. The third kappa shape index (κ3) is 5.05. The molecular weight excluding hydrogens is 438 g/mol. The minimum atomic E-state index is -0.757. The standard InChI is InChI=1S/C24H35N5O5/c1-27-12-6-10-18(27)21(30)29-15-17(26-24(33)25-16-8-4-3-5-9-16)14-20(29)22(31)28-13-7-11-19(28)23(32)34-2/h6,10,12,16-17,19-20H,3-5,7-9,11,13-15H2,1-2H3,(H2,25,26,33). The zero-order valence-corrected chi connectivity index (χ0v) is 20.0. The minimum Gasteiger partial charge on any atom is -0.467 e. The summed E-state index contributed by atoms with van der Waals surface area (Å²) in [4.78, 5) is 54.9. The van der Waals surface area contributed by atoms with E-state index in [4.69, 9.17) is 4.74 Å². The van der Waals surface area contributed by atoms with Crippen molar-refractivity contribution < 1.29 is 23.9 Å². The average molecular weight is 474 g/mol. The van der Waals surface area contributed by atoms with Crippen LogP contribution in [0.3, 0.4) is 0 Å². The predicted molar refractivity (Wildman–Crippen MR) is 124 cm³/mol. The molecule has 10 heteroatoms. The maximum Gasteiger partial charge on any atom is 0.328 e. The first-order valence-corrected chi connectivity index (χ1v) is 12.3. The number of urea groups is 1. The first kappa shape index (κ1) is 24.1. The summed E-state index contributed by atoms with van der Waals surface area (Å²) in [5.41, 5.74) is 0.469. The van der Waals surface area contributed by atoms with Crippen molar-refractivity contribution in [3.63, 3.8) is 0 Å². The van der Waals surface area contributed by atoms with Gasteiger partial charge in [0.15, 0.2) is 0 Å². The Morgan fingerprint density at radius 2 is 1.68 bits per heavy atom. The molecule has 186 valence electrons. The van der Waals surface area contributed by atoms with Gasteiger partial charge >= 0.3 is 12.0 Å². The van der Waals surface area contributed by atoms with Crippen molar-refractivity contribution in [3.8, 4) is 0 Å². The molecule has 0 bridgehead atoms. The Kier molecular flexibility index (Phi) is 7.43. The van der Waals surface area contributed by atoms with Crippen LogP contribution < -0.4 is 10.6 Å². The molecule has 0 radical (unpaired) electrons. The van der Waals surface area contributed by atoms with E-state index >= 15 is 0 Å². The Bertz CT molecular complexity index is 925. The molecule has 2 saturated heterocycles. The second-order valence-electron chi connectivity index (χ2n) is 9.58. The van der Waals surface area contributed by atoms with Gasteiger partial charge in [0.05, 0.1) is 13.2 Å².